The minimum atomic E-state index is -1.83. The molecule has 0 bridgehead atoms. The molecule has 1 rings (SSSR count). The summed E-state index contributed by atoms with van der Waals surface area (Å²) < 4.78 is 4.76. The van der Waals surface area contributed by atoms with Gasteiger partial charge in [-0.15, -0.1) is 0 Å². The first kappa shape index (κ1) is 12.5. The first-order chi connectivity index (χ1) is 7.41. The van der Waals surface area contributed by atoms with E-state index in [4.69, 9.17) is 4.74 Å². The number of phenolic OH excluding ortho intramolecular Hbond substituents is 1. The Kier molecular flexibility index (Phi) is 3.55. The number of aromatic hydroxyl groups is 1. The van der Waals surface area contributed by atoms with Crippen LogP contribution in [0.15, 0.2) is 18.2 Å². The molecule has 2 N–H and O–H groups in total. The number of esters is 1. The van der Waals surface area contributed by atoms with E-state index < -0.39 is 11.6 Å². The Morgan fingerprint density at radius 1 is 1.50 bits per heavy atom. The van der Waals surface area contributed by atoms with Gasteiger partial charge >= 0.3 is 5.97 Å². The van der Waals surface area contributed by atoms with Gasteiger partial charge in [-0.3, -0.25) is 0 Å². The largest absolute Gasteiger partial charge is 0.507 e. The molecule has 0 aliphatic carbocycles. The van der Waals surface area contributed by atoms with Gasteiger partial charge in [-0.05, 0) is 26.3 Å². The quantitative estimate of drug-likeness (QED) is 0.763. The van der Waals surface area contributed by atoms with Gasteiger partial charge in [-0.2, -0.15) is 0 Å². The van der Waals surface area contributed by atoms with Crippen molar-refractivity contribution in [2.24, 2.45) is 0 Å². The molecule has 0 amide bonds. The number of phenols is 1. The number of carbonyl (C=O) groups excluding carboxylic acids is 1. The maximum atomic E-state index is 11.5. The zero-order valence-electron chi connectivity index (χ0n) is 9.65. The number of rotatable bonds is 3. The lowest BCUT2D eigenvalue weighted by atomic mass is 9.93. The summed E-state index contributed by atoms with van der Waals surface area (Å²) in [5.74, 6) is -0.851. The van der Waals surface area contributed by atoms with Gasteiger partial charge in [0, 0.05) is 5.56 Å². The number of aliphatic hydroxyl groups is 1. The van der Waals surface area contributed by atoms with Crippen LogP contribution in [-0.2, 0) is 15.1 Å². The van der Waals surface area contributed by atoms with Crippen LogP contribution in [0.1, 0.15) is 25.0 Å². The monoisotopic (exact) mass is 224 g/mol. The Hall–Kier alpha value is -1.55. The normalized spacial score (nSPS) is 14.2. The predicted octanol–water partition coefficient (Wildman–Crippen LogP) is 1.47. The molecule has 1 aromatic carbocycles. The topological polar surface area (TPSA) is 66.8 Å². The van der Waals surface area contributed by atoms with Gasteiger partial charge in [0.15, 0.2) is 5.60 Å². The van der Waals surface area contributed by atoms with Crippen LogP contribution in [0.2, 0.25) is 0 Å². The van der Waals surface area contributed by atoms with Gasteiger partial charge in [-0.25, -0.2) is 4.79 Å². The second-order valence-electron chi connectivity index (χ2n) is 3.76. The number of aryl methyl sites for hydroxylation is 1. The fraction of sp³-hybridized carbons (Fsp3) is 0.417. The van der Waals surface area contributed by atoms with Crippen LogP contribution in [0.4, 0.5) is 0 Å². The average molecular weight is 224 g/mol. The van der Waals surface area contributed by atoms with Crippen molar-refractivity contribution in [1.29, 1.82) is 0 Å². The summed E-state index contributed by atoms with van der Waals surface area (Å²) in [6.07, 6.45) is 0. The molecule has 1 unspecified atom stereocenters. The van der Waals surface area contributed by atoms with Crippen LogP contribution in [-0.4, -0.2) is 22.8 Å². The van der Waals surface area contributed by atoms with Crippen molar-refractivity contribution in [2.75, 3.05) is 6.61 Å². The fourth-order valence-corrected chi connectivity index (χ4v) is 1.43. The molecule has 0 aromatic heterocycles. The Balaban J connectivity index is 3.16. The molecular formula is C12H16O4. The zero-order valence-corrected chi connectivity index (χ0v) is 9.65. The van der Waals surface area contributed by atoms with E-state index in [1.54, 1.807) is 26.0 Å². The minimum absolute atomic E-state index is 0.0828. The van der Waals surface area contributed by atoms with Gasteiger partial charge in [0.1, 0.15) is 5.75 Å². The molecule has 0 aliphatic heterocycles. The SMILES string of the molecule is CCOC(=O)C(C)(O)c1cccc(C)c1O. The average Bonchev–Trinajstić information content (AvgIpc) is 2.22. The lowest BCUT2D eigenvalue weighted by molar-refractivity contribution is -0.164. The van der Waals surface area contributed by atoms with Crippen LogP contribution < -0.4 is 0 Å². The van der Waals surface area contributed by atoms with E-state index in [1.807, 2.05) is 0 Å². The standard InChI is InChI=1S/C12H16O4/c1-4-16-11(14)12(3,15)9-7-5-6-8(2)10(9)13/h5-7,13,15H,4H2,1-3H3. The minimum Gasteiger partial charge on any atom is -0.507 e. The van der Waals surface area contributed by atoms with Crippen LogP contribution in [0.3, 0.4) is 0 Å². The third kappa shape index (κ3) is 2.17. The number of hydrogen-bond acceptors (Lipinski definition) is 4. The summed E-state index contributed by atoms with van der Waals surface area (Å²) >= 11 is 0. The van der Waals surface area contributed by atoms with E-state index in [2.05, 4.69) is 0 Å². The molecule has 0 saturated carbocycles. The van der Waals surface area contributed by atoms with Gasteiger partial charge in [0.25, 0.3) is 0 Å². The fourth-order valence-electron chi connectivity index (χ4n) is 1.43. The van der Waals surface area contributed by atoms with Gasteiger partial charge in [0.2, 0.25) is 0 Å². The molecule has 0 spiro atoms. The van der Waals surface area contributed by atoms with Gasteiger partial charge in [-0.1, -0.05) is 18.2 Å². The van der Waals surface area contributed by atoms with E-state index in [-0.39, 0.29) is 17.9 Å². The smallest absolute Gasteiger partial charge is 0.342 e. The molecule has 1 atom stereocenters. The van der Waals surface area contributed by atoms with E-state index in [9.17, 15) is 15.0 Å². The molecular weight excluding hydrogens is 208 g/mol. The van der Waals surface area contributed by atoms with Crippen LogP contribution in [0, 0.1) is 6.92 Å². The third-order valence-electron chi connectivity index (χ3n) is 2.44. The highest BCUT2D eigenvalue weighted by molar-refractivity contribution is 5.81. The second kappa shape index (κ2) is 4.53. The summed E-state index contributed by atoms with van der Waals surface area (Å²) in [4.78, 5) is 11.5. The molecule has 0 fully saturated rings. The number of benzene rings is 1. The van der Waals surface area contributed by atoms with Gasteiger partial charge in [0.05, 0.1) is 6.61 Å². The first-order valence-electron chi connectivity index (χ1n) is 5.10. The molecule has 4 nitrogen and oxygen atoms in total. The summed E-state index contributed by atoms with van der Waals surface area (Å²) in [6.45, 7) is 4.84. The summed E-state index contributed by atoms with van der Waals surface area (Å²) in [5.41, 5.74) is -1.07. The highest BCUT2D eigenvalue weighted by atomic mass is 16.5. The van der Waals surface area contributed by atoms with E-state index in [0.29, 0.717) is 5.56 Å². The molecule has 0 radical (unpaired) electrons. The van der Waals surface area contributed by atoms with Gasteiger partial charge < -0.3 is 14.9 Å². The highest BCUT2D eigenvalue weighted by Gasteiger charge is 2.36. The van der Waals surface area contributed by atoms with Crippen LogP contribution in [0.25, 0.3) is 0 Å². The first-order valence-corrected chi connectivity index (χ1v) is 5.10. The van der Waals surface area contributed by atoms with Crippen LogP contribution in [0.5, 0.6) is 5.75 Å². The molecule has 1 aromatic rings. The van der Waals surface area contributed by atoms with Crippen molar-refractivity contribution in [1.82, 2.24) is 0 Å². The van der Waals surface area contributed by atoms with Crippen molar-refractivity contribution < 1.29 is 19.7 Å². The van der Waals surface area contributed by atoms with E-state index in [1.165, 1.54) is 13.0 Å². The molecule has 88 valence electrons. The number of ether oxygens (including phenoxy) is 1. The maximum Gasteiger partial charge on any atom is 0.342 e. The van der Waals surface area contributed by atoms with Crippen molar-refractivity contribution in [3.05, 3.63) is 29.3 Å². The number of para-hydroxylation sites is 1. The third-order valence-corrected chi connectivity index (χ3v) is 2.44. The van der Waals surface area contributed by atoms with E-state index >= 15 is 0 Å². The number of hydrogen-bond donors (Lipinski definition) is 2. The predicted molar refractivity (Wildman–Crippen MR) is 59.0 cm³/mol. The lowest BCUT2D eigenvalue weighted by Crippen LogP contribution is -2.34. The van der Waals surface area contributed by atoms with Crippen molar-refractivity contribution in [3.63, 3.8) is 0 Å². The molecule has 16 heavy (non-hydrogen) atoms. The lowest BCUT2D eigenvalue weighted by Gasteiger charge is -2.22. The molecule has 0 heterocycles. The van der Waals surface area contributed by atoms with Crippen molar-refractivity contribution in [3.8, 4) is 5.75 Å². The zero-order chi connectivity index (χ0) is 12.3. The Morgan fingerprint density at radius 2 is 2.12 bits per heavy atom. The summed E-state index contributed by atoms with van der Waals surface area (Å²) in [7, 11) is 0. The second-order valence-corrected chi connectivity index (χ2v) is 3.76. The molecule has 0 aliphatic rings. The van der Waals surface area contributed by atoms with Crippen molar-refractivity contribution >= 4 is 5.97 Å². The Bertz CT molecular complexity index is 396. The summed E-state index contributed by atoms with van der Waals surface area (Å²) in [5, 5.41) is 19.8. The number of carbonyl (C=O) groups is 1. The molecule has 4 heteroatoms. The van der Waals surface area contributed by atoms with Crippen LogP contribution >= 0.6 is 0 Å². The van der Waals surface area contributed by atoms with Crippen molar-refractivity contribution in [2.45, 2.75) is 26.4 Å². The Labute approximate surface area is 94.5 Å². The maximum absolute atomic E-state index is 11.5. The Morgan fingerprint density at radius 3 is 2.69 bits per heavy atom. The highest BCUT2D eigenvalue weighted by Crippen LogP contribution is 2.32. The summed E-state index contributed by atoms with van der Waals surface area (Å²) in [6, 6.07) is 4.86. The van der Waals surface area contributed by atoms with E-state index in [0.717, 1.165) is 0 Å². The molecule has 0 saturated heterocycles.